The first kappa shape index (κ1) is 38.2. The van der Waals surface area contributed by atoms with E-state index >= 15 is 0 Å². The summed E-state index contributed by atoms with van der Waals surface area (Å²) < 4.78 is 9.71. The van der Waals surface area contributed by atoms with Gasteiger partial charge < -0.3 is 19.7 Å². The van der Waals surface area contributed by atoms with Gasteiger partial charge >= 0.3 is 35.8 Å². The van der Waals surface area contributed by atoms with Crippen molar-refractivity contribution in [2.45, 2.75) is 161 Å². The Kier molecular flexibility index (Phi) is 25.5. The lowest BCUT2D eigenvalue weighted by atomic mass is 10.1. The number of carboxylic acids is 2. The number of esters is 4. The van der Waals surface area contributed by atoms with Crippen LogP contribution in [0.4, 0.5) is 0 Å². The summed E-state index contributed by atoms with van der Waals surface area (Å²) in [7, 11) is 0. The molecule has 0 amide bonds. The number of hydrogen-bond acceptors (Lipinski definition) is 8. The largest absolute Gasteiger partial charge is 0.481 e. The number of rotatable bonds is 28. The zero-order chi connectivity index (χ0) is 30.6. The number of carbonyl (C=O) groups is 6. The fourth-order valence-corrected chi connectivity index (χ4v) is 4.39. The maximum Gasteiger partial charge on any atom is 0.313 e. The summed E-state index contributed by atoms with van der Waals surface area (Å²) in [6.45, 7) is 0. The lowest BCUT2D eigenvalue weighted by molar-refractivity contribution is -0.161. The Hall–Kier alpha value is -2.78. The van der Waals surface area contributed by atoms with Crippen LogP contribution >= 0.6 is 0 Å². The number of unbranched alkanes of at least 4 members (excludes halogenated alkanes) is 16. The quantitative estimate of drug-likeness (QED) is 0.0553. The minimum absolute atomic E-state index is 0.196. The van der Waals surface area contributed by atoms with E-state index in [4.69, 9.17) is 19.7 Å². The van der Waals surface area contributed by atoms with Crippen LogP contribution in [0.2, 0.25) is 0 Å². The summed E-state index contributed by atoms with van der Waals surface area (Å²) in [5.41, 5.74) is 0. The van der Waals surface area contributed by atoms with Crippen LogP contribution in [0.15, 0.2) is 0 Å². The smallest absolute Gasteiger partial charge is 0.313 e. The van der Waals surface area contributed by atoms with Gasteiger partial charge in [-0.05, 0) is 38.5 Å². The standard InChI is InChI=1S/C31H52O10/c32-26(33)20-14-8-4-6-12-18-24-30(38)40-28(36)22-16-10-2-1-3-11-17-23-29(37)41-31(39)25-19-13-7-5-9-15-21-27(34)35/h1-25H2,(H,32,33)(H,34,35). The molecular formula is C31H52O10. The number of carboxylic acid groups (broad SMARTS) is 2. The molecule has 236 valence electrons. The topological polar surface area (TPSA) is 161 Å². The fraction of sp³-hybridized carbons (Fsp3) is 0.806. The molecule has 0 heterocycles. The normalized spacial score (nSPS) is 10.7. The minimum Gasteiger partial charge on any atom is -0.481 e. The van der Waals surface area contributed by atoms with E-state index in [0.717, 1.165) is 83.5 Å². The van der Waals surface area contributed by atoms with Crippen molar-refractivity contribution < 1.29 is 48.5 Å². The van der Waals surface area contributed by atoms with Crippen LogP contribution in [0.25, 0.3) is 0 Å². The van der Waals surface area contributed by atoms with Crippen molar-refractivity contribution in [2.24, 2.45) is 0 Å². The van der Waals surface area contributed by atoms with Crippen molar-refractivity contribution >= 4 is 35.8 Å². The molecule has 0 aliphatic heterocycles. The monoisotopic (exact) mass is 584 g/mol. The molecule has 0 aliphatic carbocycles. The molecule has 0 aromatic rings. The van der Waals surface area contributed by atoms with Crippen molar-refractivity contribution in [3.8, 4) is 0 Å². The lowest BCUT2D eigenvalue weighted by Gasteiger charge is -2.05. The van der Waals surface area contributed by atoms with Crippen LogP contribution in [0, 0.1) is 0 Å². The van der Waals surface area contributed by atoms with Gasteiger partial charge in [0, 0.05) is 38.5 Å². The molecule has 0 aromatic carbocycles. The molecule has 0 atom stereocenters. The van der Waals surface area contributed by atoms with Crippen LogP contribution < -0.4 is 0 Å². The summed E-state index contributed by atoms with van der Waals surface area (Å²) in [4.78, 5) is 68.0. The third-order valence-electron chi connectivity index (χ3n) is 6.76. The first-order chi connectivity index (χ1) is 19.7. The molecule has 0 saturated carbocycles. The summed E-state index contributed by atoms with van der Waals surface area (Å²) in [6, 6.07) is 0. The van der Waals surface area contributed by atoms with Gasteiger partial charge in [-0.3, -0.25) is 28.8 Å². The van der Waals surface area contributed by atoms with Gasteiger partial charge in [0.25, 0.3) is 0 Å². The predicted molar refractivity (Wildman–Crippen MR) is 153 cm³/mol. The van der Waals surface area contributed by atoms with E-state index in [2.05, 4.69) is 0 Å². The van der Waals surface area contributed by atoms with Crippen molar-refractivity contribution in [3.05, 3.63) is 0 Å². The number of ether oxygens (including phenoxy) is 2. The first-order valence-electron chi connectivity index (χ1n) is 15.6. The maximum absolute atomic E-state index is 11.8. The van der Waals surface area contributed by atoms with Crippen molar-refractivity contribution in [1.29, 1.82) is 0 Å². The van der Waals surface area contributed by atoms with Gasteiger partial charge in [-0.15, -0.1) is 0 Å². The average molecular weight is 585 g/mol. The lowest BCUT2D eigenvalue weighted by Crippen LogP contribution is -2.12. The van der Waals surface area contributed by atoms with Crippen molar-refractivity contribution in [3.63, 3.8) is 0 Å². The van der Waals surface area contributed by atoms with Crippen LogP contribution in [0.1, 0.15) is 161 Å². The Morgan fingerprint density at radius 2 is 0.463 bits per heavy atom. The SMILES string of the molecule is O=C(O)CCCCCCCCC(=O)OC(=O)CCCCCCCCCC(=O)OC(=O)CCCCCCCCC(=O)O. The van der Waals surface area contributed by atoms with Gasteiger partial charge in [0.15, 0.2) is 0 Å². The Labute approximate surface area is 244 Å². The molecule has 0 saturated heterocycles. The van der Waals surface area contributed by atoms with Crippen molar-refractivity contribution in [1.82, 2.24) is 0 Å². The highest BCUT2D eigenvalue weighted by atomic mass is 16.6. The Morgan fingerprint density at radius 1 is 0.293 bits per heavy atom. The van der Waals surface area contributed by atoms with E-state index in [1.807, 2.05) is 0 Å². The van der Waals surface area contributed by atoms with E-state index in [1.165, 1.54) is 0 Å². The van der Waals surface area contributed by atoms with Gasteiger partial charge in [-0.2, -0.15) is 0 Å². The molecule has 0 bridgehead atoms. The molecule has 0 aromatic heterocycles. The third-order valence-corrected chi connectivity index (χ3v) is 6.76. The molecule has 0 fully saturated rings. The molecule has 2 N–H and O–H groups in total. The second-order valence-electron chi connectivity index (χ2n) is 10.7. The Bertz CT molecular complexity index is 700. The van der Waals surface area contributed by atoms with E-state index in [1.54, 1.807) is 0 Å². The first-order valence-corrected chi connectivity index (χ1v) is 15.6. The summed E-state index contributed by atoms with van der Waals surface area (Å²) in [5, 5.41) is 17.2. The summed E-state index contributed by atoms with van der Waals surface area (Å²) >= 11 is 0. The number of carbonyl (C=O) groups excluding carboxylic acids is 4. The molecular weight excluding hydrogens is 532 g/mol. The molecule has 0 spiro atoms. The van der Waals surface area contributed by atoms with Gasteiger partial charge in [0.05, 0.1) is 0 Å². The molecule has 41 heavy (non-hydrogen) atoms. The third kappa shape index (κ3) is 30.0. The molecule has 0 rings (SSSR count). The zero-order valence-electron chi connectivity index (χ0n) is 24.8. The summed E-state index contributed by atoms with van der Waals surface area (Å²) in [5.74, 6) is -3.48. The van der Waals surface area contributed by atoms with E-state index in [9.17, 15) is 28.8 Å². The number of aliphatic carboxylic acids is 2. The Morgan fingerprint density at radius 3 is 0.659 bits per heavy atom. The molecule has 10 heteroatoms. The molecule has 0 aliphatic rings. The van der Waals surface area contributed by atoms with E-state index in [-0.39, 0.29) is 38.5 Å². The van der Waals surface area contributed by atoms with Crippen LogP contribution in [-0.4, -0.2) is 46.0 Å². The molecule has 10 nitrogen and oxygen atoms in total. The molecule has 0 radical (unpaired) electrons. The number of hydrogen-bond donors (Lipinski definition) is 2. The van der Waals surface area contributed by atoms with E-state index < -0.39 is 35.8 Å². The van der Waals surface area contributed by atoms with Crippen molar-refractivity contribution in [2.75, 3.05) is 0 Å². The van der Waals surface area contributed by atoms with Gasteiger partial charge in [0.1, 0.15) is 0 Å². The Balaban J connectivity index is 3.49. The average Bonchev–Trinajstić information content (AvgIpc) is 2.90. The highest BCUT2D eigenvalue weighted by Gasteiger charge is 2.11. The minimum atomic E-state index is -0.774. The second kappa shape index (κ2) is 27.4. The molecule has 0 unspecified atom stereocenters. The van der Waals surface area contributed by atoms with Gasteiger partial charge in [-0.25, -0.2) is 0 Å². The van der Waals surface area contributed by atoms with Crippen LogP contribution in [0.5, 0.6) is 0 Å². The highest BCUT2D eigenvalue weighted by Crippen LogP contribution is 2.13. The highest BCUT2D eigenvalue weighted by molar-refractivity contribution is 5.85. The van der Waals surface area contributed by atoms with Crippen LogP contribution in [0.3, 0.4) is 0 Å². The van der Waals surface area contributed by atoms with Gasteiger partial charge in [-0.1, -0.05) is 83.5 Å². The zero-order valence-corrected chi connectivity index (χ0v) is 24.8. The fourth-order valence-electron chi connectivity index (χ4n) is 4.39. The van der Waals surface area contributed by atoms with Crippen LogP contribution in [-0.2, 0) is 38.2 Å². The second-order valence-corrected chi connectivity index (χ2v) is 10.7. The van der Waals surface area contributed by atoms with Gasteiger partial charge in [0.2, 0.25) is 0 Å². The maximum atomic E-state index is 11.8. The predicted octanol–water partition coefficient (Wildman–Crippen LogP) is 7.05. The summed E-state index contributed by atoms with van der Waals surface area (Å²) in [6.07, 6.45) is 17.1. The van der Waals surface area contributed by atoms with E-state index in [0.29, 0.717) is 38.5 Å².